The smallest absolute Gasteiger partial charge is 0.138 e. The number of hydrogen-bond acceptors (Lipinski definition) is 3. The first-order valence-electron chi connectivity index (χ1n) is 5.92. The van der Waals surface area contributed by atoms with Crippen LogP contribution >= 0.6 is 39.3 Å². The van der Waals surface area contributed by atoms with Crippen LogP contribution in [0.15, 0.2) is 22.7 Å². The highest BCUT2D eigenvalue weighted by Gasteiger charge is 2.17. The van der Waals surface area contributed by atoms with Crippen LogP contribution in [0.2, 0.25) is 5.02 Å². The van der Waals surface area contributed by atoms with Crippen LogP contribution in [0.25, 0.3) is 0 Å². The van der Waals surface area contributed by atoms with Crippen LogP contribution in [0.4, 0.5) is 0 Å². The molecule has 1 unspecified atom stereocenters. The summed E-state index contributed by atoms with van der Waals surface area (Å²) >= 11 is 11.4. The average Bonchev–Trinajstić information content (AvgIpc) is 2.34. The number of ketones is 1. The average molecular weight is 349 g/mol. The van der Waals surface area contributed by atoms with Gasteiger partial charge in [0.2, 0.25) is 0 Å². The van der Waals surface area contributed by atoms with Gasteiger partial charge in [0.1, 0.15) is 5.78 Å². The molecular formula is C13H15BrClNOS. The third kappa shape index (κ3) is 4.26. The van der Waals surface area contributed by atoms with E-state index in [-0.39, 0.29) is 5.78 Å². The van der Waals surface area contributed by atoms with Gasteiger partial charge in [-0.3, -0.25) is 4.79 Å². The molecule has 1 aliphatic rings. The largest absolute Gasteiger partial charge is 0.312 e. The van der Waals surface area contributed by atoms with E-state index in [0.717, 1.165) is 28.1 Å². The first-order valence-corrected chi connectivity index (χ1v) is 8.24. The van der Waals surface area contributed by atoms with Crippen molar-refractivity contribution in [1.29, 1.82) is 0 Å². The predicted molar refractivity (Wildman–Crippen MR) is 81.6 cm³/mol. The molecule has 0 radical (unpaired) electrons. The van der Waals surface area contributed by atoms with E-state index in [9.17, 15) is 4.79 Å². The Morgan fingerprint density at radius 3 is 3.06 bits per heavy atom. The van der Waals surface area contributed by atoms with Crippen molar-refractivity contribution in [1.82, 2.24) is 5.32 Å². The molecule has 1 saturated heterocycles. The number of nitrogens with one attached hydrogen (secondary N) is 1. The van der Waals surface area contributed by atoms with E-state index in [0.29, 0.717) is 23.9 Å². The summed E-state index contributed by atoms with van der Waals surface area (Å²) in [6.07, 6.45) is 1.02. The minimum absolute atomic E-state index is 0.249. The van der Waals surface area contributed by atoms with Crippen LogP contribution in [-0.2, 0) is 11.2 Å². The molecule has 1 aliphatic heterocycles. The Morgan fingerprint density at radius 2 is 2.39 bits per heavy atom. The summed E-state index contributed by atoms with van der Waals surface area (Å²) in [6.45, 7) is 1.00. The summed E-state index contributed by atoms with van der Waals surface area (Å²) in [5.74, 6) is 2.42. The van der Waals surface area contributed by atoms with Crippen LogP contribution in [-0.4, -0.2) is 29.9 Å². The van der Waals surface area contributed by atoms with Gasteiger partial charge in [-0.2, -0.15) is 11.8 Å². The summed E-state index contributed by atoms with van der Waals surface area (Å²) in [4.78, 5) is 12.0. The molecule has 1 atom stereocenters. The Bertz CT molecular complexity index is 435. The molecule has 0 bridgehead atoms. The zero-order valence-corrected chi connectivity index (χ0v) is 13.1. The van der Waals surface area contributed by atoms with E-state index in [1.54, 1.807) is 0 Å². The van der Waals surface area contributed by atoms with E-state index in [1.165, 1.54) is 0 Å². The first-order chi connectivity index (χ1) is 8.65. The highest BCUT2D eigenvalue weighted by Crippen LogP contribution is 2.22. The van der Waals surface area contributed by atoms with E-state index in [1.807, 2.05) is 30.0 Å². The number of halogens is 2. The van der Waals surface area contributed by atoms with Gasteiger partial charge in [0.25, 0.3) is 0 Å². The summed E-state index contributed by atoms with van der Waals surface area (Å²) in [5, 5.41) is 4.03. The van der Waals surface area contributed by atoms with Crippen LogP contribution in [0.1, 0.15) is 12.0 Å². The molecule has 2 nitrogen and oxygen atoms in total. The van der Waals surface area contributed by atoms with E-state index >= 15 is 0 Å². The Morgan fingerprint density at radius 1 is 1.56 bits per heavy atom. The molecule has 5 heteroatoms. The van der Waals surface area contributed by atoms with Crippen molar-refractivity contribution in [2.75, 3.05) is 18.1 Å². The highest BCUT2D eigenvalue weighted by molar-refractivity contribution is 9.10. The molecule has 1 N–H and O–H groups in total. The van der Waals surface area contributed by atoms with Gasteiger partial charge in [0.05, 0.1) is 0 Å². The SMILES string of the molecule is O=C(Cc1ccc(Br)cc1Cl)CC1CSCCN1. The van der Waals surface area contributed by atoms with Crippen molar-refractivity contribution in [2.24, 2.45) is 0 Å². The van der Waals surface area contributed by atoms with Crippen LogP contribution in [0.5, 0.6) is 0 Å². The topological polar surface area (TPSA) is 29.1 Å². The van der Waals surface area contributed by atoms with Crippen molar-refractivity contribution < 1.29 is 4.79 Å². The van der Waals surface area contributed by atoms with Gasteiger partial charge in [-0.05, 0) is 17.7 Å². The molecule has 2 rings (SSSR count). The predicted octanol–water partition coefficient (Wildman–Crippen LogP) is 3.31. The van der Waals surface area contributed by atoms with Gasteiger partial charge in [-0.25, -0.2) is 0 Å². The Balaban J connectivity index is 1.90. The fourth-order valence-corrected chi connectivity index (χ4v) is 3.66. The van der Waals surface area contributed by atoms with Crippen LogP contribution < -0.4 is 5.32 Å². The van der Waals surface area contributed by atoms with Gasteiger partial charge in [-0.1, -0.05) is 33.6 Å². The zero-order valence-electron chi connectivity index (χ0n) is 9.92. The standard InChI is InChI=1S/C13H15BrClNOS/c14-10-2-1-9(13(15)6-10)5-12(17)7-11-8-18-4-3-16-11/h1-2,6,11,16H,3-5,7-8H2. The molecule has 0 saturated carbocycles. The van der Waals surface area contributed by atoms with Gasteiger partial charge in [-0.15, -0.1) is 0 Å². The maximum atomic E-state index is 12.0. The molecule has 0 aliphatic carbocycles. The van der Waals surface area contributed by atoms with Crippen molar-refractivity contribution in [3.8, 4) is 0 Å². The lowest BCUT2D eigenvalue weighted by Gasteiger charge is -2.22. The third-order valence-corrected chi connectivity index (χ3v) is 4.85. The molecule has 1 aromatic rings. The maximum Gasteiger partial charge on any atom is 0.138 e. The lowest BCUT2D eigenvalue weighted by Crippen LogP contribution is -2.39. The van der Waals surface area contributed by atoms with Crippen molar-refractivity contribution in [2.45, 2.75) is 18.9 Å². The van der Waals surface area contributed by atoms with Crippen molar-refractivity contribution in [3.05, 3.63) is 33.3 Å². The van der Waals surface area contributed by atoms with Crippen molar-refractivity contribution in [3.63, 3.8) is 0 Å². The van der Waals surface area contributed by atoms with Gasteiger partial charge in [0, 0.05) is 46.4 Å². The molecule has 1 heterocycles. The number of hydrogen-bond donors (Lipinski definition) is 1. The zero-order chi connectivity index (χ0) is 13.0. The minimum atomic E-state index is 0.249. The first kappa shape index (κ1) is 14.4. The van der Waals surface area contributed by atoms with E-state index in [4.69, 9.17) is 11.6 Å². The van der Waals surface area contributed by atoms with Crippen LogP contribution in [0.3, 0.4) is 0 Å². The lowest BCUT2D eigenvalue weighted by atomic mass is 10.0. The second kappa shape index (κ2) is 6.94. The molecular weight excluding hydrogens is 334 g/mol. The fourth-order valence-electron chi connectivity index (χ4n) is 1.98. The molecule has 1 aromatic carbocycles. The minimum Gasteiger partial charge on any atom is -0.312 e. The van der Waals surface area contributed by atoms with Gasteiger partial charge < -0.3 is 5.32 Å². The number of Topliss-reactive ketones (excluding diaryl/α,β-unsaturated/α-hetero) is 1. The number of benzene rings is 1. The fraction of sp³-hybridized carbons (Fsp3) is 0.462. The maximum absolute atomic E-state index is 12.0. The monoisotopic (exact) mass is 347 g/mol. The Kier molecular flexibility index (Phi) is 5.55. The summed E-state index contributed by atoms with van der Waals surface area (Å²) in [5.41, 5.74) is 0.910. The normalized spacial score (nSPS) is 19.8. The number of carbonyl (C=O) groups excluding carboxylic acids is 1. The number of rotatable bonds is 4. The Labute approximate surface area is 125 Å². The molecule has 0 aromatic heterocycles. The molecule has 1 fully saturated rings. The molecule has 18 heavy (non-hydrogen) atoms. The quantitative estimate of drug-likeness (QED) is 0.905. The number of carbonyl (C=O) groups is 1. The van der Waals surface area contributed by atoms with E-state index < -0.39 is 0 Å². The molecule has 0 spiro atoms. The summed E-state index contributed by atoms with van der Waals surface area (Å²) < 4.78 is 0.939. The molecule has 98 valence electrons. The lowest BCUT2D eigenvalue weighted by molar-refractivity contribution is -0.118. The second-order valence-corrected chi connectivity index (χ2v) is 6.85. The van der Waals surface area contributed by atoms with Gasteiger partial charge in [0.15, 0.2) is 0 Å². The Hall–Kier alpha value is -0.0300. The van der Waals surface area contributed by atoms with Crippen molar-refractivity contribution >= 4 is 45.1 Å². The van der Waals surface area contributed by atoms with Gasteiger partial charge >= 0.3 is 0 Å². The van der Waals surface area contributed by atoms with E-state index in [2.05, 4.69) is 21.2 Å². The summed E-state index contributed by atoms with van der Waals surface area (Å²) in [7, 11) is 0. The highest BCUT2D eigenvalue weighted by atomic mass is 79.9. The summed E-state index contributed by atoms with van der Waals surface area (Å²) in [6, 6.07) is 5.99. The number of thioether (sulfide) groups is 1. The van der Waals surface area contributed by atoms with Crippen LogP contribution in [0, 0.1) is 0 Å². The third-order valence-electron chi connectivity index (χ3n) is 2.88. The molecule has 0 amide bonds. The second-order valence-electron chi connectivity index (χ2n) is 4.38.